The highest BCUT2D eigenvalue weighted by Crippen LogP contribution is 2.42. The van der Waals surface area contributed by atoms with Gasteiger partial charge in [-0.3, -0.25) is 4.79 Å². The third-order valence-electron chi connectivity index (χ3n) is 5.97. The Hall–Kier alpha value is -3.19. The number of aliphatic hydroxyl groups excluding tert-OH is 1. The van der Waals surface area contributed by atoms with Crippen LogP contribution in [0.15, 0.2) is 42.5 Å². The molecule has 162 valence electrons. The van der Waals surface area contributed by atoms with Crippen molar-refractivity contribution in [2.45, 2.75) is 32.2 Å². The standard InChI is InChI=1S/C24H29N5O2/c1-24(2)18-14-16(10-11-20(18)28(5)23(24)31)22-25-21(12-13-30)26-29(22)15-17-8-6-7-9-19(17)27(3)4/h6-11,14,30H,12-13,15H2,1-5H3. The van der Waals surface area contributed by atoms with Crippen LogP contribution in [0, 0.1) is 0 Å². The van der Waals surface area contributed by atoms with Crippen LogP contribution in [0.1, 0.15) is 30.8 Å². The minimum Gasteiger partial charge on any atom is -0.396 e. The van der Waals surface area contributed by atoms with Crippen LogP contribution in [-0.4, -0.2) is 53.5 Å². The molecule has 7 nitrogen and oxygen atoms in total. The van der Waals surface area contributed by atoms with Gasteiger partial charge < -0.3 is 14.9 Å². The van der Waals surface area contributed by atoms with Gasteiger partial charge in [-0.05, 0) is 49.2 Å². The Morgan fingerprint density at radius 3 is 2.58 bits per heavy atom. The lowest BCUT2D eigenvalue weighted by molar-refractivity contribution is -0.121. The molecule has 1 N–H and O–H groups in total. The van der Waals surface area contributed by atoms with E-state index in [1.807, 2.05) is 63.9 Å². The summed E-state index contributed by atoms with van der Waals surface area (Å²) in [5.74, 6) is 1.42. The second kappa shape index (κ2) is 7.81. The van der Waals surface area contributed by atoms with Crippen LogP contribution in [0.3, 0.4) is 0 Å². The third kappa shape index (κ3) is 3.59. The number of fused-ring (bicyclic) bond motifs is 1. The van der Waals surface area contributed by atoms with Crippen LogP contribution in [0.2, 0.25) is 0 Å². The van der Waals surface area contributed by atoms with Crippen molar-refractivity contribution in [3.05, 3.63) is 59.4 Å². The van der Waals surface area contributed by atoms with Gasteiger partial charge in [0.25, 0.3) is 0 Å². The summed E-state index contributed by atoms with van der Waals surface area (Å²) < 4.78 is 1.89. The smallest absolute Gasteiger partial charge is 0.236 e. The number of anilines is 2. The van der Waals surface area contributed by atoms with Crippen molar-refractivity contribution in [3.8, 4) is 11.4 Å². The zero-order valence-corrected chi connectivity index (χ0v) is 18.8. The molecule has 0 atom stereocenters. The van der Waals surface area contributed by atoms with Gasteiger partial charge in [0, 0.05) is 44.5 Å². The monoisotopic (exact) mass is 419 g/mol. The highest BCUT2D eigenvalue weighted by Gasteiger charge is 2.42. The number of para-hydroxylation sites is 1. The van der Waals surface area contributed by atoms with Gasteiger partial charge in [-0.25, -0.2) is 9.67 Å². The Labute approximate surface area is 182 Å². The van der Waals surface area contributed by atoms with Crippen molar-refractivity contribution in [1.82, 2.24) is 14.8 Å². The summed E-state index contributed by atoms with van der Waals surface area (Å²) in [6.45, 7) is 4.46. The van der Waals surface area contributed by atoms with E-state index < -0.39 is 5.41 Å². The van der Waals surface area contributed by atoms with Crippen LogP contribution in [0.4, 0.5) is 11.4 Å². The molecule has 2 aromatic carbocycles. The highest BCUT2D eigenvalue weighted by molar-refractivity contribution is 6.07. The summed E-state index contributed by atoms with van der Waals surface area (Å²) in [6, 6.07) is 14.2. The summed E-state index contributed by atoms with van der Waals surface area (Å²) in [5.41, 5.74) is 4.49. The number of rotatable bonds is 6. The molecule has 31 heavy (non-hydrogen) atoms. The van der Waals surface area contributed by atoms with Crippen LogP contribution >= 0.6 is 0 Å². The first-order valence-electron chi connectivity index (χ1n) is 10.5. The van der Waals surface area contributed by atoms with E-state index in [4.69, 9.17) is 4.98 Å². The zero-order valence-electron chi connectivity index (χ0n) is 18.8. The number of likely N-dealkylation sites (N-methyl/N-ethyl adjacent to an activating group) is 1. The minimum atomic E-state index is -0.587. The predicted molar refractivity (Wildman–Crippen MR) is 123 cm³/mol. The molecule has 0 aliphatic carbocycles. The number of aliphatic hydroxyl groups is 1. The number of amides is 1. The van der Waals surface area contributed by atoms with Gasteiger partial charge in [0.2, 0.25) is 5.91 Å². The molecule has 1 amide bonds. The summed E-state index contributed by atoms with van der Waals surface area (Å²) in [4.78, 5) is 21.2. The quantitative estimate of drug-likeness (QED) is 0.665. The van der Waals surface area contributed by atoms with Crippen molar-refractivity contribution < 1.29 is 9.90 Å². The number of hydrogen-bond acceptors (Lipinski definition) is 5. The van der Waals surface area contributed by atoms with Gasteiger partial charge in [-0.15, -0.1) is 0 Å². The van der Waals surface area contributed by atoms with E-state index in [0.717, 1.165) is 33.9 Å². The summed E-state index contributed by atoms with van der Waals surface area (Å²) in [7, 11) is 5.86. The fourth-order valence-electron chi connectivity index (χ4n) is 4.27. The number of benzene rings is 2. The normalized spacial score (nSPS) is 14.8. The lowest BCUT2D eigenvalue weighted by atomic mass is 9.85. The number of carbonyl (C=O) groups excluding carboxylic acids is 1. The number of hydrogen-bond donors (Lipinski definition) is 1. The predicted octanol–water partition coefficient (Wildman–Crippen LogP) is 2.85. The maximum absolute atomic E-state index is 12.7. The van der Waals surface area contributed by atoms with Gasteiger partial charge in [-0.2, -0.15) is 5.10 Å². The first kappa shape index (κ1) is 21.1. The molecule has 1 aliphatic rings. The van der Waals surface area contributed by atoms with Crippen LogP contribution in [0.25, 0.3) is 11.4 Å². The van der Waals surface area contributed by atoms with Gasteiger partial charge in [-0.1, -0.05) is 18.2 Å². The summed E-state index contributed by atoms with van der Waals surface area (Å²) in [6.07, 6.45) is 0.396. The van der Waals surface area contributed by atoms with E-state index in [1.54, 1.807) is 4.90 Å². The zero-order chi connectivity index (χ0) is 22.3. The maximum Gasteiger partial charge on any atom is 0.236 e. The second-order valence-electron chi connectivity index (χ2n) is 8.73. The molecular formula is C24H29N5O2. The fourth-order valence-corrected chi connectivity index (χ4v) is 4.27. The van der Waals surface area contributed by atoms with E-state index >= 15 is 0 Å². The van der Waals surface area contributed by atoms with Crippen molar-refractivity contribution >= 4 is 17.3 Å². The van der Waals surface area contributed by atoms with E-state index in [2.05, 4.69) is 28.2 Å². The van der Waals surface area contributed by atoms with Crippen LogP contribution in [-0.2, 0) is 23.2 Å². The number of nitrogens with zero attached hydrogens (tertiary/aromatic N) is 5. The first-order valence-corrected chi connectivity index (χ1v) is 10.5. The Balaban J connectivity index is 1.80. The van der Waals surface area contributed by atoms with Gasteiger partial charge >= 0.3 is 0 Å². The third-order valence-corrected chi connectivity index (χ3v) is 5.97. The summed E-state index contributed by atoms with van der Waals surface area (Å²) >= 11 is 0. The molecule has 0 saturated heterocycles. The maximum atomic E-state index is 12.7. The first-order chi connectivity index (χ1) is 14.7. The molecule has 0 saturated carbocycles. The molecule has 2 heterocycles. The van der Waals surface area contributed by atoms with E-state index in [1.165, 1.54) is 0 Å². The molecule has 1 aliphatic heterocycles. The Morgan fingerprint density at radius 1 is 1.13 bits per heavy atom. The highest BCUT2D eigenvalue weighted by atomic mass is 16.3. The molecule has 1 aromatic heterocycles. The molecule has 3 aromatic rings. The van der Waals surface area contributed by atoms with Gasteiger partial charge in [0.1, 0.15) is 0 Å². The van der Waals surface area contributed by atoms with E-state index in [0.29, 0.717) is 18.8 Å². The number of aromatic nitrogens is 3. The van der Waals surface area contributed by atoms with E-state index in [9.17, 15) is 9.90 Å². The topological polar surface area (TPSA) is 74.5 Å². The Morgan fingerprint density at radius 2 is 1.87 bits per heavy atom. The molecule has 0 radical (unpaired) electrons. The largest absolute Gasteiger partial charge is 0.396 e. The van der Waals surface area contributed by atoms with Crippen LogP contribution < -0.4 is 9.80 Å². The van der Waals surface area contributed by atoms with E-state index in [-0.39, 0.29) is 12.5 Å². The molecule has 0 bridgehead atoms. The average molecular weight is 420 g/mol. The molecular weight excluding hydrogens is 390 g/mol. The van der Waals surface area contributed by atoms with Crippen molar-refractivity contribution in [2.24, 2.45) is 0 Å². The second-order valence-corrected chi connectivity index (χ2v) is 8.73. The lowest BCUT2D eigenvalue weighted by Crippen LogP contribution is -2.33. The van der Waals surface area contributed by atoms with Crippen molar-refractivity contribution in [3.63, 3.8) is 0 Å². The SMILES string of the molecule is CN(C)c1ccccc1Cn1nc(CCO)nc1-c1ccc2c(c1)C(C)(C)C(=O)N2C. The van der Waals surface area contributed by atoms with Gasteiger partial charge in [0.05, 0.1) is 18.6 Å². The fraction of sp³-hybridized carbons (Fsp3) is 0.375. The summed E-state index contributed by atoms with van der Waals surface area (Å²) in [5, 5.41) is 14.1. The lowest BCUT2D eigenvalue weighted by Gasteiger charge is -2.18. The molecule has 7 heteroatoms. The Kier molecular flexibility index (Phi) is 5.31. The van der Waals surface area contributed by atoms with Crippen molar-refractivity contribution in [1.29, 1.82) is 0 Å². The van der Waals surface area contributed by atoms with Crippen molar-refractivity contribution in [2.75, 3.05) is 37.5 Å². The average Bonchev–Trinajstić information content (AvgIpc) is 3.21. The van der Waals surface area contributed by atoms with Gasteiger partial charge in [0.15, 0.2) is 11.6 Å². The molecule has 0 fully saturated rings. The number of carbonyl (C=O) groups is 1. The van der Waals surface area contributed by atoms with Crippen LogP contribution in [0.5, 0.6) is 0 Å². The molecule has 0 spiro atoms. The molecule has 4 rings (SSSR count). The minimum absolute atomic E-state index is 0.00570. The Bertz CT molecular complexity index is 1130. The molecule has 0 unspecified atom stereocenters.